The molecule has 0 aliphatic carbocycles. The SMILES string of the molecule is COC1CCCN(OC(=O)N2CCCC(OC)C2CC(=O)CBr)C1CC(=O)CBr. The molecule has 0 saturated carbocycles. The molecule has 4 atom stereocenters. The molecule has 0 radical (unpaired) electrons. The highest BCUT2D eigenvalue weighted by Gasteiger charge is 2.40. The molecule has 0 aromatic rings. The second-order valence-electron chi connectivity index (χ2n) is 7.41. The molecule has 2 saturated heterocycles. The Morgan fingerprint density at radius 1 is 0.862 bits per heavy atom. The van der Waals surface area contributed by atoms with Crippen LogP contribution in [0.2, 0.25) is 0 Å². The second kappa shape index (κ2) is 12.3. The van der Waals surface area contributed by atoms with Crippen molar-refractivity contribution < 1.29 is 28.7 Å². The Morgan fingerprint density at radius 2 is 1.38 bits per heavy atom. The summed E-state index contributed by atoms with van der Waals surface area (Å²) in [5.41, 5.74) is 0. The van der Waals surface area contributed by atoms with Gasteiger partial charge in [-0.25, -0.2) is 4.79 Å². The van der Waals surface area contributed by atoms with Crippen LogP contribution in [-0.2, 0) is 23.9 Å². The number of methoxy groups -OCH3 is 2. The molecule has 29 heavy (non-hydrogen) atoms. The number of ether oxygens (including phenoxy) is 2. The van der Waals surface area contributed by atoms with Crippen molar-refractivity contribution in [1.82, 2.24) is 9.96 Å². The topological polar surface area (TPSA) is 85.4 Å². The maximum atomic E-state index is 13.1. The van der Waals surface area contributed by atoms with E-state index in [1.165, 1.54) is 0 Å². The number of rotatable bonds is 9. The van der Waals surface area contributed by atoms with E-state index in [1.54, 1.807) is 24.2 Å². The first kappa shape index (κ1) is 24.7. The third-order valence-electron chi connectivity index (χ3n) is 5.59. The average molecular weight is 542 g/mol. The Bertz CT molecular complexity index is 579. The second-order valence-corrected chi connectivity index (χ2v) is 8.53. The number of ketones is 2. The smallest absolute Gasteiger partial charge is 0.380 e. The van der Waals surface area contributed by atoms with Crippen molar-refractivity contribution in [3.8, 4) is 0 Å². The van der Waals surface area contributed by atoms with Gasteiger partial charge >= 0.3 is 6.09 Å². The fraction of sp³-hybridized carbons (Fsp3) is 0.842. The highest BCUT2D eigenvalue weighted by molar-refractivity contribution is 9.09. The molecule has 8 nitrogen and oxygen atoms in total. The van der Waals surface area contributed by atoms with Crippen molar-refractivity contribution in [1.29, 1.82) is 0 Å². The first-order valence-electron chi connectivity index (χ1n) is 9.91. The zero-order valence-corrected chi connectivity index (χ0v) is 20.2. The zero-order chi connectivity index (χ0) is 21.4. The number of carbonyl (C=O) groups is 3. The molecule has 0 bridgehead atoms. The van der Waals surface area contributed by atoms with Gasteiger partial charge < -0.3 is 19.2 Å². The van der Waals surface area contributed by atoms with Crippen molar-refractivity contribution in [2.45, 2.75) is 62.8 Å². The van der Waals surface area contributed by atoms with E-state index in [0.29, 0.717) is 13.1 Å². The largest absolute Gasteiger partial charge is 0.429 e. The van der Waals surface area contributed by atoms with Gasteiger partial charge in [0.2, 0.25) is 0 Å². The lowest BCUT2D eigenvalue weighted by molar-refractivity contribution is -0.193. The van der Waals surface area contributed by atoms with Gasteiger partial charge in [-0.15, -0.1) is 5.06 Å². The number of amides is 1. The summed E-state index contributed by atoms with van der Waals surface area (Å²) < 4.78 is 11.1. The molecule has 2 heterocycles. The number of alkyl halides is 2. The van der Waals surface area contributed by atoms with Crippen LogP contribution in [0.25, 0.3) is 0 Å². The molecule has 4 unspecified atom stereocenters. The molecule has 2 fully saturated rings. The normalized spacial score (nSPS) is 28.2. The quantitative estimate of drug-likeness (QED) is 0.415. The minimum atomic E-state index is -0.507. The fourth-order valence-electron chi connectivity index (χ4n) is 4.11. The van der Waals surface area contributed by atoms with Gasteiger partial charge in [-0.1, -0.05) is 31.9 Å². The van der Waals surface area contributed by atoms with Crippen LogP contribution in [0.5, 0.6) is 0 Å². The summed E-state index contributed by atoms with van der Waals surface area (Å²) in [7, 11) is 3.21. The van der Waals surface area contributed by atoms with Crippen molar-refractivity contribution in [2.75, 3.05) is 38.0 Å². The summed E-state index contributed by atoms with van der Waals surface area (Å²) in [6.07, 6.45) is 2.73. The van der Waals surface area contributed by atoms with Crippen molar-refractivity contribution in [3.05, 3.63) is 0 Å². The van der Waals surface area contributed by atoms with Gasteiger partial charge in [0.05, 0.1) is 35.0 Å². The van der Waals surface area contributed by atoms with Crippen LogP contribution in [0.3, 0.4) is 0 Å². The molecule has 2 rings (SSSR count). The number of nitrogens with zero attached hydrogens (tertiary/aromatic N) is 2. The molecule has 10 heteroatoms. The zero-order valence-electron chi connectivity index (χ0n) is 17.0. The third kappa shape index (κ3) is 6.72. The Labute approximate surface area is 188 Å². The van der Waals surface area contributed by atoms with E-state index in [9.17, 15) is 14.4 Å². The molecule has 0 aromatic carbocycles. The van der Waals surface area contributed by atoms with Crippen LogP contribution in [0.15, 0.2) is 0 Å². The molecular weight excluding hydrogens is 512 g/mol. The first-order chi connectivity index (χ1) is 13.9. The third-order valence-corrected chi connectivity index (χ3v) is 6.84. The van der Waals surface area contributed by atoms with Crippen LogP contribution in [0, 0.1) is 0 Å². The summed E-state index contributed by atoms with van der Waals surface area (Å²) in [4.78, 5) is 44.5. The lowest BCUT2D eigenvalue weighted by Gasteiger charge is -2.42. The van der Waals surface area contributed by atoms with Gasteiger partial charge in [-0.05, 0) is 25.7 Å². The molecule has 0 N–H and O–H groups in total. The van der Waals surface area contributed by atoms with E-state index in [1.807, 2.05) is 0 Å². The van der Waals surface area contributed by atoms with E-state index >= 15 is 0 Å². The molecule has 2 aliphatic rings. The summed E-state index contributed by atoms with van der Waals surface area (Å²) >= 11 is 6.38. The average Bonchev–Trinajstić information content (AvgIpc) is 2.74. The van der Waals surface area contributed by atoms with Gasteiger partial charge in [0.25, 0.3) is 0 Å². The van der Waals surface area contributed by atoms with Crippen LogP contribution in [0.4, 0.5) is 4.79 Å². The number of hydroxylamine groups is 2. The lowest BCUT2D eigenvalue weighted by atomic mass is 9.95. The molecule has 0 spiro atoms. The Hall–Kier alpha value is -0.550. The first-order valence-corrected chi connectivity index (χ1v) is 12.2. The van der Waals surface area contributed by atoms with Crippen LogP contribution in [0.1, 0.15) is 38.5 Å². The minimum absolute atomic E-state index is 0.00923. The standard InChI is InChI=1S/C19H30Br2N2O6/c1-27-17-5-3-7-22(15(17)9-13(24)11-20)19(26)29-23-8-4-6-18(28-2)16(23)10-14(25)12-21/h15-18H,3-12H2,1-2H3. The number of carbonyl (C=O) groups excluding carboxylic acids is 3. The number of hydrogen-bond acceptors (Lipinski definition) is 7. The van der Waals surface area contributed by atoms with Gasteiger partial charge in [0.1, 0.15) is 11.6 Å². The van der Waals surface area contributed by atoms with E-state index in [0.717, 1.165) is 25.7 Å². The van der Waals surface area contributed by atoms with Crippen LogP contribution in [-0.4, -0.2) is 89.9 Å². The Balaban J connectivity index is 2.13. The number of hydrogen-bond donors (Lipinski definition) is 0. The number of halogens is 2. The van der Waals surface area contributed by atoms with E-state index in [2.05, 4.69) is 31.9 Å². The summed E-state index contributed by atoms with van der Waals surface area (Å²) in [5.74, 6) is 0.0353. The van der Waals surface area contributed by atoms with Gasteiger partial charge in [0, 0.05) is 40.2 Å². The van der Waals surface area contributed by atoms with Crippen molar-refractivity contribution >= 4 is 49.5 Å². The van der Waals surface area contributed by atoms with E-state index < -0.39 is 6.09 Å². The highest BCUT2D eigenvalue weighted by atomic mass is 79.9. The number of Topliss-reactive ketones (excluding diaryl/α,β-unsaturated/α-hetero) is 2. The van der Waals surface area contributed by atoms with Crippen LogP contribution < -0.4 is 0 Å². The number of likely N-dealkylation sites (tertiary alicyclic amines) is 1. The van der Waals surface area contributed by atoms with Gasteiger partial charge in [0.15, 0.2) is 0 Å². The van der Waals surface area contributed by atoms with E-state index in [4.69, 9.17) is 14.3 Å². The number of piperidine rings is 2. The molecular formula is C19H30Br2N2O6. The predicted octanol–water partition coefficient (Wildman–Crippen LogP) is 2.71. The lowest BCUT2D eigenvalue weighted by Crippen LogP contribution is -2.56. The van der Waals surface area contributed by atoms with Crippen molar-refractivity contribution in [3.63, 3.8) is 0 Å². The molecule has 166 valence electrons. The summed E-state index contributed by atoms with van der Waals surface area (Å²) in [6, 6.07) is -0.690. The minimum Gasteiger partial charge on any atom is -0.380 e. The predicted molar refractivity (Wildman–Crippen MR) is 114 cm³/mol. The molecule has 2 aliphatic heterocycles. The maximum Gasteiger partial charge on any atom is 0.429 e. The summed E-state index contributed by atoms with van der Waals surface area (Å²) in [6.45, 7) is 1.05. The molecule has 1 amide bonds. The fourth-order valence-corrected chi connectivity index (χ4v) is 4.56. The monoisotopic (exact) mass is 540 g/mol. The Kier molecular flexibility index (Phi) is 10.5. The van der Waals surface area contributed by atoms with E-state index in [-0.39, 0.29) is 59.4 Å². The van der Waals surface area contributed by atoms with Gasteiger partial charge in [-0.2, -0.15) is 0 Å². The Morgan fingerprint density at radius 3 is 1.93 bits per heavy atom. The van der Waals surface area contributed by atoms with Crippen LogP contribution >= 0.6 is 31.9 Å². The summed E-state index contributed by atoms with van der Waals surface area (Å²) in [5, 5.41) is 2.07. The molecule has 0 aromatic heterocycles. The highest BCUT2D eigenvalue weighted by Crippen LogP contribution is 2.27. The van der Waals surface area contributed by atoms with Gasteiger partial charge in [-0.3, -0.25) is 9.59 Å². The van der Waals surface area contributed by atoms with Crippen molar-refractivity contribution in [2.24, 2.45) is 0 Å². The maximum absolute atomic E-state index is 13.1.